The molecule has 182 valence electrons. The van der Waals surface area contributed by atoms with Crippen molar-refractivity contribution in [3.63, 3.8) is 0 Å². The van der Waals surface area contributed by atoms with Crippen molar-refractivity contribution in [2.45, 2.75) is 90.0 Å². The molecule has 1 saturated carbocycles. The number of hydrogen-bond acceptors (Lipinski definition) is 3. The Labute approximate surface area is 186 Å². The number of alkyl halides is 4. The van der Waals surface area contributed by atoms with Crippen LogP contribution in [0.5, 0.6) is 5.75 Å². The predicted octanol–water partition coefficient (Wildman–Crippen LogP) is 7.38. The van der Waals surface area contributed by atoms with Crippen LogP contribution < -0.4 is 4.74 Å². The molecule has 0 spiro atoms. The molecule has 2 unspecified atom stereocenters. The van der Waals surface area contributed by atoms with E-state index in [0.29, 0.717) is 37.5 Å². The topological polar surface area (TPSA) is 27.7 Å². The summed E-state index contributed by atoms with van der Waals surface area (Å²) in [7, 11) is 0. The zero-order chi connectivity index (χ0) is 23.3. The third kappa shape index (κ3) is 5.93. The number of benzene rings is 1. The first-order chi connectivity index (χ1) is 15.3. The Kier molecular flexibility index (Phi) is 8.78. The lowest BCUT2D eigenvalue weighted by atomic mass is 9.80. The van der Waals surface area contributed by atoms with Crippen LogP contribution in [0.2, 0.25) is 0 Å². The summed E-state index contributed by atoms with van der Waals surface area (Å²) in [6, 6.07) is 1.71. The molecule has 1 aliphatic carbocycles. The largest absolute Gasteiger partial charge is 0.491 e. The zero-order valence-electron chi connectivity index (χ0n) is 18.7. The van der Waals surface area contributed by atoms with Crippen molar-refractivity contribution in [2.75, 3.05) is 13.2 Å². The summed E-state index contributed by atoms with van der Waals surface area (Å²) < 4.78 is 86.9. The van der Waals surface area contributed by atoms with E-state index in [-0.39, 0.29) is 12.7 Å². The molecule has 0 aromatic heterocycles. The Bertz CT molecular complexity index is 727. The fourth-order valence-electron chi connectivity index (χ4n) is 4.99. The van der Waals surface area contributed by atoms with Gasteiger partial charge in [0.15, 0.2) is 11.6 Å². The maximum Gasteiger partial charge on any atom is 0.384 e. The molecule has 8 heteroatoms. The fraction of sp³-hybridized carbons (Fsp3) is 0.750. The van der Waals surface area contributed by atoms with Crippen molar-refractivity contribution in [2.24, 2.45) is 11.8 Å². The van der Waals surface area contributed by atoms with E-state index in [0.717, 1.165) is 44.4 Å². The summed E-state index contributed by atoms with van der Waals surface area (Å²) in [5, 5.41) is 0. The molecule has 1 saturated heterocycles. The van der Waals surface area contributed by atoms with Crippen LogP contribution in [0.1, 0.15) is 82.8 Å². The van der Waals surface area contributed by atoms with Gasteiger partial charge in [0.2, 0.25) is 0 Å². The molecule has 1 aliphatic heterocycles. The van der Waals surface area contributed by atoms with Crippen LogP contribution in [0.3, 0.4) is 0 Å². The van der Waals surface area contributed by atoms with E-state index in [1.807, 2.05) is 0 Å². The van der Waals surface area contributed by atoms with Crippen molar-refractivity contribution < 1.29 is 36.2 Å². The number of rotatable bonds is 9. The highest BCUT2D eigenvalue weighted by Crippen LogP contribution is 2.43. The molecular formula is C24H33F5O3. The highest BCUT2D eigenvalue weighted by atomic mass is 19.3. The minimum atomic E-state index is -4.02. The third-order valence-electron chi connectivity index (χ3n) is 6.64. The predicted molar refractivity (Wildman–Crippen MR) is 111 cm³/mol. The van der Waals surface area contributed by atoms with Crippen molar-refractivity contribution in [3.8, 4) is 5.75 Å². The lowest BCUT2D eigenvalue weighted by molar-refractivity contribution is -0.279. The molecule has 3 rings (SSSR count). The SMILES string of the molecule is CCCC1CCC(C2CCC(OC(F)(F)c3ccc(OCC)c(F)c3C(F)F)CC2)OC1. The third-order valence-corrected chi connectivity index (χ3v) is 6.64. The van der Waals surface area contributed by atoms with Gasteiger partial charge < -0.3 is 14.2 Å². The molecule has 2 fully saturated rings. The van der Waals surface area contributed by atoms with E-state index in [1.54, 1.807) is 6.92 Å². The number of ether oxygens (including phenoxy) is 3. The van der Waals surface area contributed by atoms with E-state index in [1.165, 1.54) is 0 Å². The standard InChI is InChI=1S/C24H33F5O3/c1-3-5-15-6-12-19(31-14-15)16-7-9-17(10-8-16)32-24(28,29)18-11-13-20(30-4-2)22(25)21(18)23(26)27/h11,13,15-17,19,23H,3-10,12,14H2,1-2H3. The van der Waals surface area contributed by atoms with Gasteiger partial charge in [-0.3, -0.25) is 0 Å². The van der Waals surface area contributed by atoms with E-state index in [2.05, 4.69) is 6.92 Å². The normalized spacial score (nSPS) is 27.0. The lowest BCUT2D eigenvalue weighted by Gasteiger charge is -2.38. The van der Waals surface area contributed by atoms with Gasteiger partial charge in [-0.25, -0.2) is 13.2 Å². The van der Waals surface area contributed by atoms with E-state index >= 15 is 0 Å². The minimum Gasteiger partial charge on any atom is -0.491 e. The Hall–Kier alpha value is -1.41. The van der Waals surface area contributed by atoms with Gasteiger partial charge in [-0.2, -0.15) is 8.78 Å². The molecule has 1 aromatic carbocycles. The highest BCUT2D eigenvalue weighted by Gasteiger charge is 2.43. The Morgan fingerprint density at radius 3 is 2.34 bits per heavy atom. The van der Waals surface area contributed by atoms with E-state index in [4.69, 9.17) is 14.2 Å². The molecule has 0 radical (unpaired) electrons. The van der Waals surface area contributed by atoms with Gasteiger partial charge in [0.05, 0.1) is 29.9 Å². The molecule has 3 nitrogen and oxygen atoms in total. The summed E-state index contributed by atoms with van der Waals surface area (Å²) >= 11 is 0. The molecule has 2 atom stereocenters. The molecule has 0 amide bonds. The van der Waals surface area contributed by atoms with Gasteiger partial charge in [0.1, 0.15) is 0 Å². The summed E-state index contributed by atoms with van der Waals surface area (Å²) in [4.78, 5) is 0. The second-order valence-electron chi connectivity index (χ2n) is 8.85. The number of hydrogen-bond donors (Lipinski definition) is 0. The molecule has 0 bridgehead atoms. The highest BCUT2D eigenvalue weighted by molar-refractivity contribution is 5.40. The Balaban J connectivity index is 1.60. The van der Waals surface area contributed by atoms with Gasteiger partial charge >= 0.3 is 6.11 Å². The lowest BCUT2D eigenvalue weighted by Crippen LogP contribution is -2.37. The summed E-state index contributed by atoms with van der Waals surface area (Å²) in [6.07, 6.45) is -1.51. The van der Waals surface area contributed by atoms with E-state index < -0.39 is 41.3 Å². The summed E-state index contributed by atoms with van der Waals surface area (Å²) in [5.74, 6) is -1.04. The van der Waals surface area contributed by atoms with Crippen LogP contribution in [-0.2, 0) is 15.6 Å². The van der Waals surface area contributed by atoms with Gasteiger partial charge in [-0.1, -0.05) is 13.3 Å². The molecule has 32 heavy (non-hydrogen) atoms. The molecule has 1 heterocycles. The maximum atomic E-state index is 14.8. The molecular weight excluding hydrogens is 431 g/mol. The first-order valence-corrected chi connectivity index (χ1v) is 11.7. The smallest absolute Gasteiger partial charge is 0.384 e. The van der Waals surface area contributed by atoms with Crippen LogP contribution in [-0.4, -0.2) is 25.4 Å². The average molecular weight is 465 g/mol. The fourth-order valence-corrected chi connectivity index (χ4v) is 4.99. The van der Waals surface area contributed by atoms with Crippen molar-refractivity contribution in [1.29, 1.82) is 0 Å². The Morgan fingerprint density at radius 2 is 1.78 bits per heavy atom. The molecule has 2 aliphatic rings. The second kappa shape index (κ2) is 11.1. The maximum absolute atomic E-state index is 14.8. The van der Waals surface area contributed by atoms with Crippen molar-refractivity contribution >= 4 is 0 Å². The van der Waals surface area contributed by atoms with Gasteiger partial charge in [-0.05, 0) is 75.8 Å². The second-order valence-corrected chi connectivity index (χ2v) is 8.85. The van der Waals surface area contributed by atoms with Crippen LogP contribution >= 0.6 is 0 Å². The monoisotopic (exact) mass is 464 g/mol. The number of halogens is 5. The van der Waals surface area contributed by atoms with Crippen LogP contribution in [0.15, 0.2) is 12.1 Å². The first-order valence-electron chi connectivity index (χ1n) is 11.7. The first kappa shape index (κ1) is 25.2. The van der Waals surface area contributed by atoms with Crippen LogP contribution in [0, 0.1) is 17.7 Å². The van der Waals surface area contributed by atoms with Gasteiger partial charge in [-0.15, -0.1) is 0 Å². The van der Waals surface area contributed by atoms with Crippen molar-refractivity contribution in [1.82, 2.24) is 0 Å². The van der Waals surface area contributed by atoms with Gasteiger partial charge in [0.25, 0.3) is 6.43 Å². The molecule has 1 aromatic rings. The Morgan fingerprint density at radius 1 is 1.06 bits per heavy atom. The summed E-state index contributed by atoms with van der Waals surface area (Å²) in [5.41, 5.74) is -2.51. The van der Waals surface area contributed by atoms with Crippen LogP contribution in [0.25, 0.3) is 0 Å². The summed E-state index contributed by atoms with van der Waals surface area (Å²) in [6.45, 7) is 4.49. The average Bonchev–Trinajstić information content (AvgIpc) is 2.76. The quantitative estimate of drug-likeness (QED) is 0.357. The molecule has 0 N–H and O–H groups in total. The van der Waals surface area contributed by atoms with E-state index in [9.17, 15) is 22.0 Å². The van der Waals surface area contributed by atoms with Crippen LogP contribution in [0.4, 0.5) is 22.0 Å². The zero-order valence-corrected chi connectivity index (χ0v) is 18.7. The van der Waals surface area contributed by atoms with Crippen molar-refractivity contribution in [3.05, 3.63) is 29.1 Å². The van der Waals surface area contributed by atoms with Gasteiger partial charge in [0, 0.05) is 6.61 Å². The minimum absolute atomic E-state index is 0.0268.